The number of rotatable bonds is 1. The Kier molecular flexibility index (Phi) is 2.53. The van der Waals surface area contributed by atoms with Crippen molar-refractivity contribution < 1.29 is 19.4 Å². The number of amides is 1. The van der Waals surface area contributed by atoms with E-state index >= 15 is 0 Å². The Morgan fingerprint density at radius 3 is 2.82 bits per heavy atom. The lowest BCUT2D eigenvalue weighted by Gasteiger charge is -2.32. The minimum absolute atomic E-state index is 0.0741. The van der Waals surface area contributed by atoms with Crippen molar-refractivity contribution in [2.45, 2.75) is 25.7 Å². The van der Waals surface area contributed by atoms with Gasteiger partial charge in [0, 0.05) is 23.6 Å². The predicted molar refractivity (Wildman–Crippen MR) is 61.4 cm³/mol. The molecule has 1 heterocycles. The van der Waals surface area contributed by atoms with Crippen LogP contribution in [0.3, 0.4) is 0 Å². The molecule has 0 spiro atoms. The van der Waals surface area contributed by atoms with E-state index < -0.39 is 6.16 Å². The van der Waals surface area contributed by atoms with Gasteiger partial charge in [-0.25, -0.2) is 4.79 Å². The number of nitrogens with one attached hydrogen (secondary N) is 1. The lowest BCUT2D eigenvalue weighted by atomic mass is 9.78. The maximum atomic E-state index is 11.5. The zero-order chi connectivity index (χ0) is 12.6. The summed E-state index contributed by atoms with van der Waals surface area (Å²) in [6.45, 7) is 3.95. The molecule has 90 valence electrons. The second-order valence-corrected chi connectivity index (χ2v) is 4.68. The van der Waals surface area contributed by atoms with Gasteiger partial charge in [-0.15, -0.1) is 0 Å². The van der Waals surface area contributed by atoms with Gasteiger partial charge in [0.25, 0.3) is 0 Å². The third-order valence-corrected chi connectivity index (χ3v) is 2.80. The zero-order valence-corrected chi connectivity index (χ0v) is 9.61. The van der Waals surface area contributed by atoms with Crippen LogP contribution in [-0.2, 0) is 10.2 Å². The molecule has 0 atom stereocenters. The van der Waals surface area contributed by atoms with E-state index in [0.717, 1.165) is 5.56 Å². The molecule has 0 unspecified atom stereocenters. The number of benzene rings is 1. The van der Waals surface area contributed by atoms with Crippen LogP contribution in [-0.4, -0.2) is 17.2 Å². The molecule has 0 aromatic heterocycles. The summed E-state index contributed by atoms with van der Waals surface area (Å²) in [5.41, 5.74) is 1.35. The molecule has 5 heteroatoms. The van der Waals surface area contributed by atoms with Crippen molar-refractivity contribution in [1.29, 1.82) is 0 Å². The van der Waals surface area contributed by atoms with Crippen molar-refractivity contribution in [3.8, 4) is 5.75 Å². The van der Waals surface area contributed by atoms with E-state index in [-0.39, 0.29) is 17.1 Å². The van der Waals surface area contributed by atoms with E-state index in [9.17, 15) is 9.59 Å². The summed E-state index contributed by atoms with van der Waals surface area (Å²) in [4.78, 5) is 21.9. The maximum absolute atomic E-state index is 11.5. The number of ether oxygens (including phenoxy) is 1. The van der Waals surface area contributed by atoms with Gasteiger partial charge in [-0.2, -0.15) is 0 Å². The summed E-state index contributed by atoms with van der Waals surface area (Å²) in [5, 5.41) is 11.2. The first kappa shape index (κ1) is 11.4. The smallest absolute Gasteiger partial charge is 0.449 e. The van der Waals surface area contributed by atoms with Gasteiger partial charge in [-0.05, 0) is 11.6 Å². The normalized spacial score (nSPS) is 16.9. The van der Waals surface area contributed by atoms with Gasteiger partial charge in [0.1, 0.15) is 5.75 Å². The molecule has 0 saturated heterocycles. The summed E-state index contributed by atoms with van der Waals surface area (Å²) < 4.78 is 4.55. The topological polar surface area (TPSA) is 75.6 Å². The van der Waals surface area contributed by atoms with Crippen LogP contribution in [0.5, 0.6) is 5.75 Å². The van der Waals surface area contributed by atoms with Crippen molar-refractivity contribution >= 4 is 17.7 Å². The molecule has 1 aliphatic heterocycles. The van der Waals surface area contributed by atoms with E-state index in [4.69, 9.17) is 5.11 Å². The molecule has 0 saturated carbocycles. The van der Waals surface area contributed by atoms with E-state index in [2.05, 4.69) is 10.1 Å². The van der Waals surface area contributed by atoms with Crippen LogP contribution in [0.15, 0.2) is 18.2 Å². The minimum Gasteiger partial charge on any atom is -0.449 e. The first-order valence-electron chi connectivity index (χ1n) is 5.24. The largest absolute Gasteiger partial charge is 0.511 e. The van der Waals surface area contributed by atoms with Crippen molar-refractivity contribution in [2.75, 3.05) is 5.32 Å². The Bertz CT molecular complexity index is 493. The van der Waals surface area contributed by atoms with Crippen LogP contribution in [0.1, 0.15) is 25.8 Å². The number of hydrogen-bond donors (Lipinski definition) is 2. The molecular weight excluding hydrogens is 222 g/mol. The van der Waals surface area contributed by atoms with Gasteiger partial charge >= 0.3 is 6.16 Å². The third kappa shape index (κ3) is 2.22. The third-order valence-electron chi connectivity index (χ3n) is 2.80. The minimum atomic E-state index is -1.37. The van der Waals surface area contributed by atoms with Crippen molar-refractivity contribution in [3.63, 3.8) is 0 Å². The average Bonchev–Trinajstić information content (AvgIpc) is 2.13. The summed E-state index contributed by atoms with van der Waals surface area (Å²) >= 11 is 0. The van der Waals surface area contributed by atoms with Crippen LogP contribution >= 0.6 is 0 Å². The summed E-state index contributed by atoms with van der Waals surface area (Å²) in [6, 6.07) is 4.90. The van der Waals surface area contributed by atoms with Gasteiger partial charge in [0.05, 0.1) is 0 Å². The number of hydrogen-bond acceptors (Lipinski definition) is 3. The number of anilines is 1. The van der Waals surface area contributed by atoms with Crippen LogP contribution in [0, 0.1) is 0 Å². The van der Waals surface area contributed by atoms with Crippen molar-refractivity contribution in [1.82, 2.24) is 0 Å². The Labute approximate surface area is 98.4 Å². The molecule has 5 nitrogen and oxygen atoms in total. The van der Waals surface area contributed by atoms with Crippen LogP contribution < -0.4 is 10.1 Å². The molecule has 1 aliphatic rings. The quantitative estimate of drug-likeness (QED) is 0.578. The Morgan fingerprint density at radius 2 is 2.18 bits per heavy atom. The van der Waals surface area contributed by atoms with Gasteiger partial charge in [0.15, 0.2) is 0 Å². The Balaban J connectivity index is 2.42. The molecule has 1 amide bonds. The molecule has 0 fully saturated rings. The maximum Gasteiger partial charge on any atom is 0.511 e. The summed E-state index contributed by atoms with van der Waals surface area (Å²) in [5.74, 6) is 0.129. The molecule has 17 heavy (non-hydrogen) atoms. The van der Waals surface area contributed by atoms with Crippen molar-refractivity contribution in [3.05, 3.63) is 23.8 Å². The SMILES string of the molecule is CC1(C)CC(=O)Nc2cc(OC(=O)O)ccc21. The Hall–Kier alpha value is -2.04. The van der Waals surface area contributed by atoms with Gasteiger partial charge in [0.2, 0.25) is 5.91 Å². The number of fused-ring (bicyclic) bond motifs is 1. The predicted octanol–water partition coefficient (Wildman–Crippen LogP) is 2.36. The van der Waals surface area contributed by atoms with Crippen LogP contribution in [0.4, 0.5) is 10.5 Å². The first-order valence-corrected chi connectivity index (χ1v) is 5.24. The first-order chi connectivity index (χ1) is 7.88. The van der Waals surface area contributed by atoms with E-state index in [1.165, 1.54) is 6.07 Å². The fraction of sp³-hybridized carbons (Fsp3) is 0.333. The number of carbonyl (C=O) groups is 2. The number of carbonyl (C=O) groups excluding carboxylic acids is 1. The molecule has 0 radical (unpaired) electrons. The number of carboxylic acid groups (broad SMARTS) is 1. The van der Waals surface area contributed by atoms with Crippen molar-refractivity contribution in [2.24, 2.45) is 0 Å². The second kappa shape index (κ2) is 3.76. The molecule has 2 N–H and O–H groups in total. The monoisotopic (exact) mass is 235 g/mol. The van der Waals surface area contributed by atoms with Crippen LogP contribution in [0.2, 0.25) is 0 Å². The molecule has 2 rings (SSSR count). The highest BCUT2D eigenvalue weighted by atomic mass is 16.7. The van der Waals surface area contributed by atoms with Gasteiger partial charge in [-0.1, -0.05) is 19.9 Å². The summed E-state index contributed by atoms with van der Waals surface area (Å²) in [7, 11) is 0. The van der Waals surface area contributed by atoms with E-state index in [1.807, 2.05) is 13.8 Å². The molecule has 1 aromatic carbocycles. The van der Waals surface area contributed by atoms with E-state index in [1.54, 1.807) is 12.1 Å². The molecule has 0 aliphatic carbocycles. The van der Waals surface area contributed by atoms with Gasteiger partial charge in [-0.3, -0.25) is 4.79 Å². The fourth-order valence-electron chi connectivity index (χ4n) is 2.07. The van der Waals surface area contributed by atoms with Gasteiger partial charge < -0.3 is 15.2 Å². The van der Waals surface area contributed by atoms with E-state index in [0.29, 0.717) is 12.1 Å². The lowest BCUT2D eigenvalue weighted by molar-refractivity contribution is -0.117. The highest BCUT2D eigenvalue weighted by Gasteiger charge is 2.32. The molecule has 1 aromatic rings. The highest BCUT2D eigenvalue weighted by molar-refractivity contribution is 5.95. The fourth-order valence-corrected chi connectivity index (χ4v) is 2.07. The Morgan fingerprint density at radius 1 is 1.47 bits per heavy atom. The molecular formula is C12H13NO4. The second-order valence-electron chi connectivity index (χ2n) is 4.68. The lowest BCUT2D eigenvalue weighted by Crippen LogP contribution is -2.32. The zero-order valence-electron chi connectivity index (χ0n) is 9.61. The summed E-state index contributed by atoms with van der Waals surface area (Å²) in [6.07, 6.45) is -0.953. The standard InChI is InChI=1S/C12H13NO4/c1-12(2)6-10(14)13-9-5-7(17-11(15)16)3-4-8(9)12/h3-5H,6H2,1-2H3,(H,13,14)(H,15,16). The molecule has 0 bridgehead atoms. The highest BCUT2D eigenvalue weighted by Crippen LogP contribution is 2.38. The average molecular weight is 235 g/mol. The van der Waals surface area contributed by atoms with Crippen LogP contribution in [0.25, 0.3) is 0 Å².